The lowest BCUT2D eigenvalue weighted by atomic mass is 10.1. The molecule has 0 saturated carbocycles. The van der Waals surface area contributed by atoms with Crippen LogP contribution in [0, 0.1) is 10.1 Å². The fraction of sp³-hybridized carbons (Fsp3) is 0.625. The molecule has 0 amide bonds. The van der Waals surface area contributed by atoms with Crippen LogP contribution in [0.2, 0.25) is 0 Å². The quantitative estimate of drug-likeness (QED) is 0.616. The van der Waals surface area contributed by atoms with Crippen LogP contribution in [-0.4, -0.2) is 58.6 Å². The number of aliphatic hydroxyl groups is 1. The molecule has 22 heavy (non-hydrogen) atoms. The fourth-order valence-corrected chi connectivity index (χ4v) is 3.21. The number of hydrogen-bond acceptors (Lipinski definition) is 5. The topological polar surface area (TPSA) is 69.8 Å². The van der Waals surface area contributed by atoms with Crippen LogP contribution in [0.25, 0.3) is 0 Å². The van der Waals surface area contributed by atoms with Crippen LogP contribution in [0.5, 0.6) is 0 Å². The van der Waals surface area contributed by atoms with Crippen molar-refractivity contribution >= 4 is 5.69 Å². The number of aliphatic hydroxyl groups excluding tert-OH is 1. The van der Waals surface area contributed by atoms with E-state index in [9.17, 15) is 15.2 Å². The van der Waals surface area contributed by atoms with Gasteiger partial charge in [0.05, 0.1) is 11.0 Å². The number of nitro groups is 1. The predicted molar refractivity (Wildman–Crippen MR) is 85.8 cm³/mol. The molecule has 2 atom stereocenters. The van der Waals surface area contributed by atoms with Crippen molar-refractivity contribution in [2.45, 2.75) is 32.4 Å². The van der Waals surface area contributed by atoms with Gasteiger partial charge >= 0.3 is 0 Å². The maximum Gasteiger partial charge on any atom is 0.269 e. The van der Waals surface area contributed by atoms with E-state index in [2.05, 4.69) is 23.6 Å². The molecule has 1 fully saturated rings. The van der Waals surface area contributed by atoms with Crippen LogP contribution in [0.3, 0.4) is 0 Å². The first kappa shape index (κ1) is 16.9. The van der Waals surface area contributed by atoms with Crippen molar-refractivity contribution in [1.29, 1.82) is 0 Å². The van der Waals surface area contributed by atoms with Gasteiger partial charge in [-0.05, 0) is 31.6 Å². The number of non-ortho nitro benzene ring substituents is 1. The SMILES string of the molecule is CCN(CC)C1CCN(CC(O)c2cccc([N+](=O)[O-])c2)C1. The van der Waals surface area contributed by atoms with Gasteiger partial charge in [0.2, 0.25) is 0 Å². The van der Waals surface area contributed by atoms with Crippen molar-refractivity contribution in [2.24, 2.45) is 0 Å². The average Bonchev–Trinajstić information content (AvgIpc) is 2.97. The van der Waals surface area contributed by atoms with Gasteiger partial charge in [0, 0.05) is 31.3 Å². The molecule has 0 bridgehead atoms. The smallest absolute Gasteiger partial charge is 0.269 e. The molecule has 1 aromatic rings. The first-order valence-electron chi connectivity index (χ1n) is 7.94. The second-order valence-electron chi connectivity index (χ2n) is 5.79. The van der Waals surface area contributed by atoms with Crippen molar-refractivity contribution in [2.75, 3.05) is 32.7 Å². The van der Waals surface area contributed by atoms with Crippen LogP contribution in [0.1, 0.15) is 31.9 Å². The highest BCUT2D eigenvalue weighted by Gasteiger charge is 2.27. The lowest BCUT2D eigenvalue weighted by Gasteiger charge is -2.26. The lowest BCUT2D eigenvalue weighted by molar-refractivity contribution is -0.385. The van der Waals surface area contributed by atoms with Crippen LogP contribution < -0.4 is 0 Å². The number of likely N-dealkylation sites (N-methyl/N-ethyl adjacent to an activating group) is 1. The number of rotatable bonds is 7. The minimum absolute atomic E-state index is 0.0268. The Morgan fingerprint density at radius 2 is 2.18 bits per heavy atom. The molecule has 0 aliphatic carbocycles. The van der Waals surface area contributed by atoms with Crippen molar-refractivity contribution in [3.8, 4) is 0 Å². The van der Waals surface area contributed by atoms with E-state index in [1.54, 1.807) is 12.1 Å². The molecular formula is C16H25N3O3. The molecule has 122 valence electrons. The Hall–Kier alpha value is -1.50. The van der Waals surface area contributed by atoms with E-state index in [1.807, 2.05) is 0 Å². The summed E-state index contributed by atoms with van der Waals surface area (Å²) in [6, 6.07) is 6.83. The monoisotopic (exact) mass is 307 g/mol. The third-order valence-corrected chi connectivity index (χ3v) is 4.47. The Morgan fingerprint density at radius 3 is 2.82 bits per heavy atom. The molecule has 2 unspecified atom stereocenters. The van der Waals surface area contributed by atoms with E-state index in [-0.39, 0.29) is 5.69 Å². The highest BCUT2D eigenvalue weighted by atomic mass is 16.6. The Balaban J connectivity index is 1.94. The number of hydrogen-bond donors (Lipinski definition) is 1. The van der Waals surface area contributed by atoms with E-state index in [4.69, 9.17) is 0 Å². The van der Waals surface area contributed by atoms with Gasteiger partial charge in [-0.25, -0.2) is 0 Å². The van der Waals surface area contributed by atoms with Crippen LogP contribution in [0.4, 0.5) is 5.69 Å². The summed E-state index contributed by atoms with van der Waals surface area (Å²) in [4.78, 5) is 15.1. The molecule has 6 nitrogen and oxygen atoms in total. The zero-order valence-electron chi connectivity index (χ0n) is 13.3. The van der Waals surface area contributed by atoms with Gasteiger partial charge in [0.1, 0.15) is 0 Å². The lowest BCUT2D eigenvalue weighted by Crippen LogP contribution is -2.38. The van der Waals surface area contributed by atoms with E-state index in [1.165, 1.54) is 12.1 Å². The van der Waals surface area contributed by atoms with Crippen molar-refractivity contribution in [3.05, 3.63) is 39.9 Å². The summed E-state index contributed by atoms with van der Waals surface area (Å²) in [6.07, 6.45) is 0.430. The van der Waals surface area contributed by atoms with Crippen molar-refractivity contribution in [3.63, 3.8) is 0 Å². The summed E-state index contributed by atoms with van der Waals surface area (Å²) in [5.74, 6) is 0. The highest BCUT2D eigenvalue weighted by molar-refractivity contribution is 5.35. The molecule has 1 aromatic carbocycles. The number of β-amino-alcohol motifs (C(OH)–C–C–N with tert-alkyl or cyclic N) is 1. The largest absolute Gasteiger partial charge is 0.387 e. The molecule has 1 saturated heterocycles. The van der Waals surface area contributed by atoms with E-state index >= 15 is 0 Å². The molecule has 0 aromatic heterocycles. The summed E-state index contributed by atoms with van der Waals surface area (Å²) in [5, 5.41) is 21.2. The van der Waals surface area contributed by atoms with Gasteiger partial charge in [0.15, 0.2) is 0 Å². The average molecular weight is 307 g/mol. The number of nitrogens with zero attached hydrogens (tertiary/aromatic N) is 3. The van der Waals surface area contributed by atoms with Gasteiger partial charge in [-0.15, -0.1) is 0 Å². The van der Waals surface area contributed by atoms with Gasteiger partial charge in [-0.1, -0.05) is 26.0 Å². The molecule has 1 heterocycles. The summed E-state index contributed by atoms with van der Waals surface area (Å²) in [5.41, 5.74) is 0.638. The summed E-state index contributed by atoms with van der Waals surface area (Å²) < 4.78 is 0. The maximum atomic E-state index is 10.8. The Morgan fingerprint density at radius 1 is 1.45 bits per heavy atom. The van der Waals surface area contributed by atoms with E-state index in [0.717, 1.165) is 32.6 Å². The predicted octanol–water partition coefficient (Wildman–Crippen LogP) is 2.04. The molecular weight excluding hydrogens is 282 g/mol. The Bertz CT molecular complexity index is 505. The zero-order valence-corrected chi connectivity index (χ0v) is 13.3. The second kappa shape index (κ2) is 7.67. The summed E-state index contributed by atoms with van der Waals surface area (Å²) in [7, 11) is 0. The number of benzene rings is 1. The molecule has 6 heteroatoms. The van der Waals surface area contributed by atoms with Crippen molar-refractivity contribution in [1.82, 2.24) is 9.80 Å². The molecule has 1 N–H and O–H groups in total. The first-order chi connectivity index (χ1) is 10.5. The standard InChI is InChI=1S/C16H25N3O3/c1-3-18(4-2)15-8-9-17(11-15)12-16(20)13-6-5-7-14(10-13)19(21)22/h5-7,10,15-16,20H,3-4,8-9,11-12H2,1-2H3. The number of likely N-dealkylation sites (tertiary alicyclic amines) is 1. The molecule has 0 radical (unpaired) electrons. The van der Waals surface area contributed by atoms with Gasteiger partial charge in [-0.2, -0.15) is 0 Å². The van der Waals surface area contributed by atoms with Crippen molar-refractivity contribution < 1.29 is 10.0 Å². The molecule has 1 aliphatic rings. The highest BCUT2D eigenvalue weighted by Crippen LogP contribution is 2.22. The summed E-state index contributed by atoms with van der Waals surface area (Å²) >= 11 is 0. The van der Waals surface area contributed by atoms with Gasteiger partial charge < -0.3 is 5.11 Å². The van der Waals surface area contributed by atoms with E-state index < -0.39 is 11.0 Å². The first-order valence-corrected chi connectivity index (χ1v) is 7.94. The minimum Gasteiger partial charge on any atom is -0.387 e. The number of nitro benzene ring substituents is 1. The summed E-state index contributed by atoms with van der Waals surface area (Å²) in [6.45, 7) is 8.87. The van der Waals surface area contributed by atoms with Gasteiger partial charge in [-0.3, -0.25) is 19.9 Å². The minimum atomic E-state index is -0.685. The van der Waals surface area contributed by atoms with Gasteiger partial charge in [0.25, 0.3) is 5.69 Å². The third kappa shape index (κ3) is 4.03. The normalized spacial score (nSPS) is 20.5. The van der Waals surface area contributed by atoms with Crippen LogP contribution in [-0.2, 0) is 0 Å². The fourth-order valence-electron chi connectivity index (χ4n) is 3.21. The Kier molecular flexibility index (Phi) is 5.88. The molecule has 2 rings (SSSR count). The Labute approximate surface area is 131 Å². The third-order valence-electron chi connectivity index (χ3n) is 4.47. The molecule has 0 spiro atoms. The van der Waals surface area contributed by atoms with Crippen LogP contribution in [0.15, 0.2) is 24.3 Å². The van der Waals surface area contributed by atoms with Crippen LogP contribution >= 0.6 is 0 Å². The second-order valence-corrected chi connectivity index (χ2v) is 5.79. The zero-order chi connectivity index (χ0) is 16.1. The maximum absolute atomic E-state index is 10.8. The molecule has 1 aliphatic heterocycles. The van der Waals surface area contributed by atoms with E-state index in [0.29, 0.717) is 18.2 Å².